The molecule has 1 rings (SSSR count). The first-order valence-electron chi connectivity index (χ1n) is 17.0. The molecule has 3 amide bonds. The van der Waals surface area contributed by atoms with E-state index in [1.54, 1.807) is 0 Å². The molecule has 40 heavy (non-hydrogen) atoms. The summed E-state index contributed by atoms with van der Waals surface area (Å²) in [5.74, 6) is 0.592. The number of amides is 3. The lowest BCUT2D eigenvalue weighted by atomic mass is 9.91. The van der Waals surface area contributed by atoms with Crippen molar-refractivity contribution in [1.29, 1.82) is 0 Å². The van der Waals surface area contributed by atoms with Gasteiger partial charge in [-0.15, -0.1) is 0 Å². The summed E-state index contributed by atoms with van der Waals surface area (Å²) in [6.07, 6.45) is 24.9. The summed E-state index contributed by atoms with van der Waals surface area (Å²) >= 11 is 0. The van der Waals surface area contributed by atoms with Gasteiger partial charge in [0.05, 0.1) is 6.61 Å². The number of hydrogen-bond donors (Lipinski definition) is 2. The lowest BCUT2D eigenvalue weighted by Gasteiger charge is -2.38. The van der Waals surface area contributed by atoms with Crippen LogP contribution >= 0.6 is 0 Å². The van der Waals surface area contributed by atoms with Crippen molar-refractivity contribution in [2.24, 2.45) is 5.92 Å². The molecule has 2 N–H and O–H groups in total. The van der Waals surface area contributed by atoms with E-state index in [2.05, 4.69) is 29.4 Å². The first kappa shape index (κ1) is 36.5. The number of piperidine rings is 1. The molecule has 7 nitrogen and oxygen atoms in total. The average molecular weight is 567 g/mol. The summed E-state index contributed by atoms with van der Waals surface area (Å²) in [5.41, 5.74) is 0. The van der Waals surface area contributed by atoms with Gasteiger partial charge in [0.25, 0.3) is 0 Å². The van der Waals surface area contributed by atoms with Crippen LogP contribution in [0.2, 0.25) is 0 Å². The highest BCUT2D eigenvalue weighted by molar-refractivity contribution is 5.74. The highest BCUT2D eigenvalue weighted by Gasteiger charge is 2.29. The average Bonchev–Trinajstić information content (AvgIpc) is 2.92. The second kappa shape index (κ2) is 25.2. The minimum absolute atomic E-state index is 0.0472. The van der Waals surface area contributed by atoms with Crippen LogP contribution in [0.5, 0.6) is 0 Å². The second-order valence-corrected chi connectivity index (χ2v) is 12.5. The van der Waals surface area contributed by atoms with E-state index in [1.165, 1.54) is 96.3 Å². The summed E-state index contributed by atoms with van der Waals surface area (Å²) in [6.45, 7) is 7.96. The van der Waals surface area contributed by atoms with Crippen LogP contribution in [0.3, 0.4) is 0 Å². The van der Waals surface area contributed by atoms with Crippen LogP contribution in [0.1, 0.15) is 142 Å². The largest absolute Gasteiger partial charge is 0.449 e. The fourth-order valence-electron chi connectivity index (χ4n) is 5.69. The third-order valence-corrected chi connectivity index (χ3v) is 8.28. The van der Waals surface area contributed by atoms with Crippen molar-refractivity contribution < 1.29 is 14.3 Å². The summed E-state index contributed by atoms with van der Waals surface area (Å²) in [6, 6.07) is 0.182. The van der Waals surface area contributed by atoms with E-state index in [1.807, 2.05) is 19.0 Å². The zero-order valence-electron chi connectivity index (χ0n) is 27.0. The number of ether oxygens (including phenoxy) is 1. The third-order valence-electron chi connectivity index (χ3n) is 8.28. The predicted octanol–water partition coefficient (Wildman–Crippen LogP) is 8.13. The predicted molar refractivity (Wildman–Crippen MR) is 169 cm³/mol. The van der Waals surface area contributed by atoms with Crippen LogP contribution in [0, 0.1) is 5.92 Å². The summed E-state index contributed by atoms with van der Waals surface area (Å²) < 4.78 is 5.39. The minimum atomic E-state index is -0.359. The Morgan fingerprint density at radius 3 is 1.85 bits per heavy atom. The van der Waals surface area contributed by atoms with Crippen LogP contribution in [0.15, 0.2) is 0 Å². The van der Waals surface area contributed by atoms with Gasteiger partial charge in [0, 0.05) is 32.1 Å². The highest BCUT2D eigenvalue weighted by atomic mass is 16.5. The van der Waals surface area contributed by atoms with Crippen LogP contribution in [0.25, 0.3) is 0 Å². The Balaban J connectivity index is 2.04. The van der Waals surface area contributed by atoms with E-state index in [-0.39, 0.29) is 18.2 Å². The highest BCUT2D eigenvalue weighted by Crippen LogP contribution is 2.24. The summed E-state index contributed by atoms with van der Waals surface area (Å²) in [4.78, 5) is 28.9. The molecule has 1 aliphatic heterocycles. The second-order valence-electron chi connectivity index (χ2n) is 12.5. The number of urea groups is 1. The number of nitrogens with zero attached hydrogens (tertiary/aromatic N) is 2. The number of hydrogen-bond acceptors (Lipinski definition) is 4. The molecule has 1 aliphatic rings. The van der Waals surface area contributed by atoms with Crippen LogP contribution < -0.4 is 10.6 Å². The van der Waals surface area contributed by atoms with Crippen LogP contribution in [-0.4, -0.2) is 74.8 Å². The maximum atomic E-state index is 12.9. The molecule has 1 fully saturated rings. The summed E-state index contributed by atoms with van der Waals surface area (Å²) in [5, 5.41) is 5.96. The van der Waals surface area contributed by atoms with Gasteiger partial charge in [0.2, 0.25) is 0 Å². The van der Waals surface area contributed by atoms with Gasteiger partial charge in [-0.1, -0.05) is 110 Å². The fourth-order valence-corrected chi connectivity index (χ4v) is 5.69. The molecule has 0 radical (unpaired) electrons. The number of alkyl carbamates (subject to hydrolysis) is 1. The van der Waals surface area contributed by atoms with E-state index < -0.39 is 0 Å². The van der Waals surface area contributed by atoms with Crippen molar-refractivity contribution in [1.82, 2.24) is 20.4 Å². The molecule has 0 aromatic carbocycles. The standard InChI is InChI=1S/C33H66N4O3/c1-5-6-7-8-9-10-11-12-13-14-15-16-17-18-19-20-24-34-32(38)37-27-22-30(2)29-31(37)23-28-40-33(39)35-25-21-26-36(3)4/h30-31H,5-29H2,1-4H3,(H,34,38)(H,35,39). The van der Waals surface area contributed by atoms with Crippen molar-refractivity contribution in [2.45, 2.75) is 148 Å². The molecular formula is C33H66N4O3. The molecule has 7 heteroatoms. The maximum Gasteiger partial charge on any atom is 0.407 e. The molecule has 1 saturated heterocycles. The molecule has 236 valence electrons. The Hall–Kier alpha value is -1.50. The molecule has 0 aliphatic carbocycles. The van der Waals surface area contributed by atoms with Crippen molar-refractivity contribution >= 4 is 12.1 Å². The Morgan fingerprint density at radius 1 is 0.775 bits per heavy atom. The van der Waals surface area contributed by atoms with Gasteiger partial charge in [0.1, 0.15) is 0 Å². The Morgan fingerprint density at radius 2 is 1.30 bits per heavy atom. The van der Waals surface area contributed by atoms with Gasteiger partial charge in [0.15, 0.2) is 0 Å². The van der Waals surface area contributed by atoms with Crippen molar-refractivity contribution in [3.8, 4) is 0 Å². The van der Waals surface area contributed by atoms with E-state index in [0.717, 1.165) is 45.3 Å². The summed E-state index contributed by atoms with van der Waals surface area (Å²) in [7, 11) is 4.04. The van der Waals surface area contributed by atoms with Crippen LogP contribution in [-0.2, 0) is 4.74 Å². The number of carbonyl (C=O) groups excluding carboxylic acids is 2. The fraction of sp³-hybridized carbons (Fsp3) is 0.939. The first-order valence-corrected chi connectivity index (χ1v) is 17.0. The van der Waals surface area contributed by atoms with Crippen LogP contribution in [0.4, 0.5) is 9.59 Å². The van der Waals surface area contributed by atoms with E-state index >= 15 is 0 Å². The minimum Gasteiger partial charge on any atom is -0.449 e. The molecule has 2 unspecified atom stereocenters. The van der Waals surface area contributed by atoms with E-state index in [9.17, 15) is 9.59 Å². The molecular weight excluding hydrogens is 500 g/mol. The van der Waals surface area contributed by atoms with Crippen molar-refractivity contribution in [2.75, 3.05) is 46.9 Å². The Labute approximate surface area is 247 Å². The monoisotopic (exact) mass is 567 g/mol. The smallest absolute Gasteiger partial charge is 0.407 e. The van der Waals surface area contributed by atoms with Gasteiger partial charge in [-0.25, -0.2) is 9.59 Å². The molecule has 2 atom stereocenters. The van der Waals surface area contributed by atoms with Gasteiger partial charge < -0.3 is 25.2 Å². The number of carbonyl (C=O) groups is 2. The molecule has 0 aromatic rings. The lowest BCUT2D eigenvalue weighted by molar-refractivity contribution is 0.0992. The molecule has 0 spiro atoms. The third kappa shape index (κ3) is 20.4. The Kier molecular flexibility index (Phi) is 23.0. The van der Waals surface area contributed by atoms with E-state index in [4.69, 9.17) is 4.74 Å². The number of rotatable bonds is 24. The normalized spacial score (nSPS) is 17.3. The van der Waals surface area contributed by atoms with Gasteiger partial charge in [-0.2, -0.15) is 0 Å². The van der Waals surface area contributed by atoms with Gasteiger partial charge in [-0.05, 0) is 52.2 Å². The molecule has 0 aromatic heterocycles. The number of nitrogens with one attached hydrogen (secondary N) is 2. The molecule has 1 heterocycles. The van der Waals surface area contributed by atoms with Crippen molar-refractivity contribution in [3.05, 3.63) is 0 Å². The quantitative estimate of drug-likeness (QED) is 0.116. The van der Waals surface area contributed by atoms with Gasteiger partial charge >= 0.3 is 12.1 Å². The van der Waals surface area contributed by atoms with Crippen molar-refractivity contribution in [3.63, 3.8) is 0 Å². The first-order chi connectivity index (χ1) is 19.4. The van der Waals surface area contributed by atoms with E-state index in [0.29, 0.717) is 25.5 Å². The number of likely N-dealkylation sites (tertiary alicyclic amines) is 1. The molecule has 0 saturated carbocycles. The van der Waals surface area contributed by atoms with Gasteiger partial charge in [-0.3, -0.25) is 0 Å². The zero-order chi connectivity index (χ0) is 29.3. The topological polar surface area (TPSA) is 73.9 Å². The Bertz CT molecular complexity index is 617. The lowest BCUT2D eigenvalue weighted by Crippen LogP contribution is -2.50. The zero-order valence-corrected chi connectivity index (χ0v) is 27.0. The number of unbranched alkanes of at least 4 members (excludes halogenated alkanes) is 15. The molecule has 0 bridgehead atoms. The SMILES string of the molecule is CCCCCCCCCCCCCCCCCCNC(=O)N1CCC(C)CC1CCOC(=O)NCCCN(C)C. The maximum absolute atomic E-state index is 12.9.